The third-order valence-electron chi connectivity index (χ3n) is 3.80. The molecule has 1 aliphatic rings. The van der Waals surface area contributed by atoms with E-state index in [9.17, 15) is 0 Å². The number of aryl methyl sites for hydroxylation is 1. The normalized spacial score (nSPS) is 17.8. The first-order valence-electron chi connectivity index (χ1n) is 6.24. The van der Waals surface area contributed by atoms with Crippen LogP contribution >= 0.6 is 11.6 Å². The van der Waals surface area contributed by atoms with E-state index >= 15 is 0 Å². The summed E-state index contributed by atoms with van der Waals surface area (Å²) in [7, 11) is 3.21. The Morgan fingerprint density at radius 1 is 1.22 bits per heavy atom. The molecular weight excluding hydrogens is 250 g/mol. The molecule has 0 unspecified atom stereocenters. The molecule has 2 rings (SSSR count). The van der Waals surface area contributed by atoms with Crippen LogP contribution in [0.15, 0.2) is 6.07 Å². The summed E-state index contributed by atoms with van der Waals surface area (Å²) in [5.74, 6) is 1.24. The van der Waals surface area contributed by atoms with Crippen LogP contribution in [-0.4, -0.2) is 14.2 Å². The van der Waals surface area contributed by atoms with Gasteiger partial charge in [0.2, 0.25) is 0 Å². The second-order valence-corrected chi connectivity index (χ2v) is 5.36. The number of nitrogens with two attached hydrogens (primary N) is 1. The molecule has 18 heavy (non-hydrogen) atoms. The maximum Gasteiger partial charge on any atom is 0.179 e. The molecule has 1 aliphatic carbocycles. The molecule has 0 spiro atoms. The summed E-state index contributed by atoms with van der Waals surface area (Å²) < 4.78 is 10.7. The van der Waals surface area contributed by atoms with E-state index in [2.05, 4.69) is 0 Å². The molecule has 0 saturated heterocycles. The maximum absolute atomic E-state index is 6.52. The number of methoxy groups -OCH3 is 2. The van der Waals surface area contributed by atoms with E-state index in [-0.39, 0.29) is 5.54 Å². The Hall–Kier alpha value is -0.930. The molecular formula is C14H20ClNO2. The highest BCUT2D eigenvalue weighted by Gasteiger charge is 2.36. The first-order valence-corrected chi connectivity index (χ1v) is 6.61. The van der Waals surface area contributed by atoms with Crippen molar-refractivity contribution in [1.29, 1.82) is 0 Å². The Kier molecular flexibility index (Phi) is 3.74. The lowest BCUT2D eigenvalue weighted by atomic mass is 9.86. The minimum Gasteiger partial charge on any atom is -0.493 e. The molecule has 4 heteroatoms. The van der Waals surface area contributed by atoms with Gasteiger partial charge in [0.15, 0.2) is 11.5 Å². The van der Waals surface area contributed by atoms with Gasteiger partial charge in [0.25, 0.3) is 0 Å². The van der Waals surface area contributed by atoms with Gasteiger partial charge in [-0.3, -0.25) is 0 Å². The molecule has 0 bridgehead atoms. The van der Waals surface area contributed by atoms with Crippen molar-refractivity contribution in [3.05, 3.63) is 22.2 Å². The van der Waals surface area contributed by atoms with Crippen LogP contribution in [0.25, 0.3) is 0 Å². The quantitative estimate of drug-likeness (QED) is 0.915. The summed E-state index contributed by atoms with van der Waals surface area (Å²) in [6, 6.07) is 1.95. The zero-order valence-electron chi connectivity index (χ0n) is 11.2. The molecule has 0 heterocycles. The Morgan fingerprint density at radius 2 is 1.83 bits per heavy atom. The lowest BCUT2D eigenvalue weighted by Gasteiger charge is -2.28. The molecule has 0 amide bonds. The predicted molar refractivity (Wildman–Crippen MR) is 73.6 cm³/mol. The number of rotatable bonds is 3. The molecule has 100 valence electrons. The van der Waals surface area contributed by atoms with Gasteiger partial charge in [-0.1, -0.05) is 24.4 Å². The fourth-order valence-corrected chi connectivity index (χ4v) is 3.45. The van der Waals surface area contributed by atoms with Gasteiger partial charge in [0, 0.05) is 5.54 Å². The third-order valence-corrected chi connectivity index (χ3v) is 4.16. The van der Waals surface area contributed by atoms with Crippen LogP contribution in [0.2, 0.25) is 5.02 Å². The number of ether oxygens (including phenoxy) is 2. The van der Waals surface area contributed by atoms with Gasteiger partial charge < -0.3 is 15.2 Å². The van der Waals surface area contributed by atoms with E-state index in [0.29, 0.717) is 16.5 Å². The monoisotopic (exact) mass is 269 g/mol. The summed E-state index contributed by atoms with van der Waals surface area (Å²) in [5, 5.41) is 0.596. The zero-order chi connectivity index (χ0) is 13.3. The molecule has 2 N–H and O–H groups in total. The SMILES string of the molecule is COc1cc(C)c(C2(N)CCCC2)c(Cl)c1OC. The van der Waals surface area contributed by atoms with Gasteiger partial charge in [0.05, 0.1) is 19.2 Å². The van der Waals surface area contributed by atoms with E-state index in [4.69, 9.17) is 26.8 Å². The van der Waals surface area contributed by atoms with Gasteiger partial charge >= 0.3 is 0 Å². The first-order chi connectivity index (χ1) is 8.53. The van der Waals surface area contributed by atoms with E-state index in [1.54, 1.807) is 14.2 Å². The largest absolute Gasteiger partial charge is 0.493 e. The van der Waals surface area contributed by atoms with Crippen LogP contribution in [0.4, 0.5) is 0 Å². The lowest BCUT2D eigenvalue weighted by molar-refractivity contribution is 0.352. The van der Waals surface area contributed by atoms with Crippen molar-refractivity contribution >= 4 is 11.6 Å². The van der Waals surface area contributed by atoms with E-state index in [0.717, 1.165) is 36.8 Å². The highest BCUT2D eigenvalue weighted by molar-refractivity contribution is 6.33. The first kappa shape index (κ1) is 13.5. The highest BCUT2D eigenvalue weighted by Crippen LogP contribution is 2.47. The minimum absolute atomic E-state index is 0.319. The van der Waals surface area contributed by atoms with Crippen molar-refractivity contribution in [2.45, 2.75) is 38.1 Å². The van der Waals surface area contributed by atoms with Crippen LogP contribution in [0.5, 0.6) is 11.5 Å². The van der Waals surface area contributed by atoms with Gasteiger partial charge in [0.1, 0.15) is 0 Å². The van der Waals surface area contributed by atoms with Gasteiger partial charge in [-0.15, -0.1) is 0 Å². The summed E-state index contributed by atoms with van der Waals surface area (Å²) in [4.78, 5) is 0. The van der Waals surface area contributed by atoms with Crippen molar-refractivity contribution in [3.8, 4) is 11.5 Å². The van der Waals surface area contributed by atoms with Crippen LogP contribution in [0, 0.1) is 6.92 Å². The molecule has 0 aromatic heterocycles. The maximum atomic E-state index is 6.52. The smallest absolute Gasteiger partial charge is 0.179 e. The van der Waals surface area contributed by atoms with Crippen molar-refractivity contribution < 1.29 is 9.47 Å². The Morgan fingerprint density at radius 3 is 2.33 bits per heavy atom. The molecule has 0 atom stereocenters. The minimum atomic E-state index is -0.319. The fourth-order valence-electron chi connectivity index (χ4n) is 2.94. The molecule has 1 aromatic rings. The second-order valence-electron chi connectivity index (χ2n) is 4.98. The Bertz CT molecular complexity index is 454. The average Bonchev–Trinajstić information content (AvgIpc) is 2.76. The van der Waals surface area contributed by atoms with Crippen LogP contribution in [-0.2, 0) is 5.54 Å². The average molecular weight is 270 g/mol. The summed E-state index contributed by atoms with van der Waals surface area (Å²) in [6.45, 7) is 2.02. The Balaban J connectivity index is 2.60. The molecule has 0 aliphatic heterocycles. The van der Waals surface area contributed by atoms with Gasteiger partial charge in [-0.05, 0) is 37.0 Å². The summed E-state index contributed by atoms with van der Waals surface area (Å²) in [6.07, 6.45) is 4.26. The standard InChI is InChI=1S/C14H20ClNO2/c1-9-8-10(17-2)13(18-3)12(15)11(9)14(16)6-4-5-7-14/h8H,4-7,16H2,1-3H3. The van der Waals surface area contributed by atoms with Gasteiger partial charge in [-0.2, -0.15) is 0 Å². The van der Waals surface area contributed by atoms with Crippen molar-refractivity contribution in [2.75, 3.05) is 14.2 Å². The topological polar surface area (TPSA) is 44.5 Å². The van der Waals surface area contributed by atoms with Crippen LogP contribution in [0.1, 0.15) is 36.8 Å². The molecule has 1 fully saturated rings. The second kappa shape index (κ2) is 4.98. The lowest BCUT2D eigenvalue weighted by Crippen LogP contribution is -2.34. The number of halogens is 1. The fraction of sp³-hybridized carbons (Fsp3) is 0.571. The summed E-state index contributed by atoms with van der Waals surface area (Å²) in [5.41, 5.74) is 8.28. The predicted octanol–water partition coefficient (Wildman–Crippen LogP) is 3.39. The molecule has 0 radical (unpaired) electrons. The molecule has 1 saturated carbocycles. The number of benzene rings is 1. The van der Waals surface area contributed by atoms with E-state index in [1.165, 1.54) is 0 Å². The van der Waals surface area contributed by atoms with Crippen LogP contribution in [0.3, 0.4) is 0 Å². The highest BCUT2D eigenvalue weighted by atomic mass is 35.5. The zero-order valence-corrected chi connectivity index (χ0v) is 11.9. The van der Waals surface area contributed by atoms with E-state index < -0.39 is 0 Å². The third kappa shape index (κ3) is 2.06. The van der Waals surface area contributed by atoms with E-state index in [1.807, 2.05) is 13.0 Å². The van der Waals surface area contributed by atoms with Crippen LogP contribution < -0.4 is 15.2 Å². The number of hydrogen-bond donors (Lipinski definition) is 1. The Labute approximate surface area is 113 Å². The molecule has 3 nitrogen and oxygen atoms in total. The van der Waals surface area contributed by atoms with Crippen molar-refractivity contribution in [1.82, 2.24) is 0 Å². The molecule has 1 aromatic carbocycles. The number of hydrogen-bond acceptors (Lipinski definition) is 3. The van der Waals surface area contributed by atoms with Gasteiger partial charge in [-0.25, -0.2) is 0 Å². The van der Waals surface area contributed by atoms with Crippen molar-refractivity contribution in [2.24, 2.45) is 5.73 Å². The van der Waals surface area contributed by atoms with Crippen molar-refractivity contribution in [3.63, 3.8) is 0 Å². The summed E-state index contributed by atoms with van der Waals surface area (Å²) >= 11 is 6.48.